The second-order valence-electron chi connectivity index (χ2n) is 4.95. The van der Waals surface area contributed by atoms with Crippen LogP contribution in [0.3, 0.4) is 0 Å². The maximum atomic E-state index is 4.81. The van der Waals surface area contributed by atoms with E-state index in [2.05, 4.69) is 17.2 Å². The number of nitrogens with zero attached hydrogens (tertiary/aromatic N) is 1. The van der Waals surface area contributed by atoms with Crippen LogP contribution in [0.25, 0.3) is 0 Å². The van der Waals surface area contributed by atoms with Gasteiger partial charge in [-0.1, -0.05) is 6.92 Å². The van der Waals surface area contributed by atoms with Crippen LogP contribution in [-0.4, -0.2) is 23.1 Å². The van der Waals surface area contributed by atoms with E-state index in [4.69, 9.17) is 4.98 Å². The van der Waals surface area contributed by atoms with Crippen molar-refractivity contribution in [1.82, 2.24) is 15.3 Å². The molecule has 2 aliphatic rings. The molecule has 1 atom stereocenters. The quantitative estimate of drug-likeness (QED) is 0.735. The smallest absolute Gasteiger partial charge is 0.109 e. The molecule has 0 amide bonds. The minimum absolute atomic E-state index is 0.670. The zero-order valence-electron chi connectivity index (χ0n) is 9.34. The van der Waals surface area contributed by atoms with Gasteiger partial charge >= 0.3 is 0 Å². The average Bonchev–Trinajstić information content (AvgIpc) is 2.83. The predicted molar refractivity (Wildman–Crippen MR) is 60.2 cm³/mol. The van der Waals surface area contributed by atoms with Gasteiger partial charge in [0.2, 0.25) is 0 Å². The third kappa shape index (κ3) is 1.59. The molecule has 1 aromatic rings. The molecule has 2 heterocycles. The Morgan fingerprint density at radius 1 is 1.20 bits per heavy atom. The summed E-state index contributed by atoms with van der Waals surface area (Å²) in [6, 6.07) is 0. The number of imidazole rings is 1. The first kappa shape index (κ1) is 9.40. The fourth-order valence-corrected chi connectivity index (χ4v) is 2.83. The molecule has 2 N–H and O–H groups in total. The Balaban J connectivity index is 1.84. The highest BCUT2D eigenvalue weighted by molar-refractivity contribution is 5.25. The first-order chi connectivity index (χ1) is 7.34. The molecule has 1 aliphatic carbocycles. The fraction of sp³-hybridized carbons (Fsp3) is 0.750. The summed E-state index contributed by atoms with van der Waals surface area (Å²) in [5, 5.41) is 3.40. The lowest BCUT2D eigenvalue weighted by Gasteiger charge is -2.20. The zero-order chi connectivity index (χ0) is 10.3. The van der Waals surface area contributed by atoms with Gasteiger partial charge in [-0.05, 0) is 38.8 Å². The van der Waals surface area contributed by atoms with E-state index in [0.29, 0.717) is 11.8 Å². The minimum Gasteiger partial charge on any atom is -0.345 e. The highest BCUT2D eigenvalue weighted by Crippen LogP contribution is 2.33. The van der Waals surface area contributed by atoms with Crippen molar-refractivity contribution >= 4 is 0 Å². The van der Waals surface area contributed by atoms with E-state index < -0.39 is 0 Å². The molecule has 0 spiro atoms. The molecular formula is C12H19N3. The third-order valence-corrected chi connectivity index (χ3v) is 3.85. The molecule has 0 aromatic carbocycles. The van der Waals surface area contributed by atoms with Crippen molar-refractivity contribution in [2.75, 3.05) is 13.1 Å². The van der Waals surface area contributed by atoms with Crippen molar-refractivity contribution in [2.24, 2.45) is 0 Å². The number of piperidine rings is 1. The molecule has 0 bridgehead atoms. The van der Waals surface area contributed by atoms with E-state index in [9.17, 15) is 0 Å². The molecule has 15 heavy (non-hydrogen) atoms. The summed E-state index contributed by atoms with van der Waals surface area (Å²) in [6.07, 6.45) is 4.96. The molecule has 0 saturated carbocycles. The molecule has 1 aliphatic heterocycles. The van der Waals surface area contributed by atoms with Gasteiger partial charge in [-0.2, -0.15) is 0 Å². The lowest BCUT2D eigenvalue weighted by atomic mass is 9.97. The monoisotopic (exact) mass is 205 g/mol. The highest BCUT2D eigenvalue weighted by Gasteiger charge is 2.26. The van der Waals surface area contributed by atoms with Crippen molar-refractivity contribution < 1.29 is 0 Å². The molecule has 1 unspecified atom stereocenters. The summed E-state index contributed by atoms with van der Waals surface area (Å²) < 4.78 is 0. The van der Waals surface area contributed by atoms with Crippen molar-refractivity contribution in [3.8, 4) is 0 Å². The Hall–Kier alpha value is -0.830. The summed E-state index contributed by atoms with van der Waals surface area (Å²) in [5.74, 6) is 2.60. The van der Waals surface area contributed by atoms with Gasteiger partial charge in [-0.3, -0.25) is 0 Å². The van der Waals surface area contributed by atoms with Crippen LogP contribution in [0.4, 0.5) is 0 Å². The second kappa shape index (κ2) is 3.63. The number of hydrogen-bond donors (Lipinski definition) is 2. The van der Waals surface area contributed by atoms with Crippen LogP contribution in [-0.2, 0) is 6.42 Å². The van der Waals surface area contributed by atoms with Gasteiger partial charge in [-0.25, -0.2) is 4.98 Å². The Kier molecular flexibility index (Phi) is 2.28. The van der Waals surface area contributed by atoms with Crippen LogP contribution in [0.15, 0.2) is 0 Å². The first-order valence-corrected chi connectivity index (χ1v) is 6.14. The molecule has 1 aromatic heterocycles. The van der Waals surface area contributed by atoms with Crippen molar-refractivity contribution in [2.45, 2.75) is 44.4 Å². The maximum Gasteiger partial charge on any atom is 0.109 e. The number of H-pyrrole nitrogens is 1. The van der Waals surface area contributed by atoms with E-state index in [-0.39, 0.29) is 0 Å². The van der Waals surface area contributed by atoms with Crippen LogP contribution >= 0.6 is 0 Å². The van der Waals surface area contributed by atoms with E-state index in [1.54, 1.807) is 0 Å². The molecule has 3 rings (SSSR count). The summed E-state index contributed by atoms with van der Waals surface area (Å²) in [7, 11) is 0. The number of aromatic nitrogens is 2. The predicted octanol–water partition coefficient (Wildman–Crippen LogP) is 1.93. The molecule has 0 radical (unpaired) electrons. The SMILES string of the molecule is CC1CCc2[nH]c(C3CCNCC3)nc21. The number of nitrogens with one attached hydrogen (secondary N) is 2. The van der Waals surface area contributed by atoms with Crippen molar-refractivity contribution in [1.29, 1.82) is 0 Å². The van der Waals surface area contributed by atoms with Crippen molar-refractivity contribution in [3.05, 3.63) is 17.2 Å². The van der Waals surface area contributed by atoms with E-state index in [0.717, 1.165) is 13.1 Å². The summed E-state index contributed by atoms with van der Waals surface area (Å²) in [5.41, 5.74) is 2.76. The van der Waals surface area contributed by atoms with Gasteiger partial charge in [0.1, 0.15) is 5.82 Å². The van der Waals surface area contributed by atoms with Gasteiger partial charge in [0, 0.05) is 17.5 Å². The molecule has 1 fully saturated rings. The largest absolute Gasteiger partial charge is 0.345 e. The molecule has 1 saturated heterocycles. The van der Waals surface area contributed by atoms with E-state index in [1.807, 2.05) is 0 Å². The molecule has 3 nitrogen and oxygen atoms in total. The average molecular weight is 205 g/mol. The minimum atomic E-state index is 0.670. The lowest BCUT2D eigenvalue weighted by molar-refractivity contribution is 0.445. The Morgan fingerprint density at radius 3 is 2.73 bits per heavy atom. The number of fused-ring (bicyclic) bond motifs is 1. The van der Waals surface area contributed by atoms with Gasteiger partial charge < -0.3 is 10.3 Å². The molecule has 82 valence electrons. The normalized spacial score (nSPS) is 26.9. The van der Waals surface area contributed by atoms with Crippen LogP contribution < -0.4 is 5.32 Å². The molecule has 3 heteroatoms. The maximum absolute atomic E-state index is 4.81. The zero-order valence-corrected chi connectivity index (χ0v) is 9.34. The van der Waals surface area contributed by atoms with E-state index in [1.165, 1.54) is 42.9 Å². The number of hydrogen-bond acceptors (Lipinski definition) is 2. The first-order valence-electron chi connectivity index (χ1n) is 6.14. The second-order valence-corrected chi connectivity index (χ2v) is 4.95. The number of rotatable bonds is 1. The topological polar surface area (TPSA) is 40.7 Å². The van der Waals surface area contributed by atoms with Crippen LogP contribution in [0, 0.1) is 0 Å². The molecular weight excluding hydrogens is 186 g/mol. The van der Waals surface area contributed by atoms with Crippen LogP contribution in [0.1, 0.15) is 55.2 Å². The fourth-order valence-electron chi connectivity index (χ4n) is 2.83. The van der Waals surface area contributed by atoms with Gasteiger partial charge in [0.25, 0.3) is 0 Å². The summed E-state index contributed by atoms with van der Waals surface area (Å²) >= 11 is 0. The Bertz CT molecular complexity index is 350. The van der Waals surface area contributed by atoms with Crippen LogP contribution in [0.2, 0.25) is 0 Å². The van der Waals surface area contributed by atoms with Gasteiger partial charge in [0.15, 0.2) is 0 Å². The Morgan fingerprint density at radius 2 is 2.00 bits per heavy atom. The summed E-state index contributed by atoms with van der Waals surface area (Å²) in [6.45, 7) is 4.58. The van der Waals surface area contributed by atoms with Gasteiger partial charge in [-0.15, -0.1) is 0 Å². The van der Waals surface area contributed by atoms with Crippen LogP contribution in [0.5, 0.6) is 0 Å². The van der Waals surface area contributed by atoms with Gasteiger partial charge in [0.05, 0.1) is 5.69 Å². The highest BCUT2D eigenvalue weighted by atomic mass is 15.0. The standard InChI is InChI=1S/C12H19N3/c1-8-2-3-10-11(8)15-12(14-10)9-4-6-13-7-5-9/h8-9,13H,2-7H2,1H3,(H,14,15). The number of aromatic amines is 1. The third-order valence-electron chi connectivity index (χ3n) is 3.85. The van der Waals surface area contributed by atoms with E-state index >= 15 is 0 Å². The Labute approximate surface area is 90.7 Å². The number of aryl methyl sites for hydroxylation is 1. The summed E-state index contributed by atoms with van der Waals surface area (Å²) in [4.78, 5) is 8.37. The lowest BCUT2D eigenvalue weighted by Crippen LogP contribution is -2.27. The van der Waals surface area contributed by atoms with Crippen molar-refractivity contribution in [3.63, 3.8) is 0 Å².